The first kappa shape index (κ1) is 27.5. The molecule has 0 radical (unpaired) electrons. The number of benzene rings is 8. The molecule has 0 spiro atoms. The Morgan fingerprint density at radius 1 is 0.367 bits per heavy atom. The second kappa shape index (κ2) is 11.0. The lowest BCUT2D eigenvalue weighted by Gasteiger charge is -2.27. The number of hydrogen-bond donors (Lipinski definition) is 0. The molecule has 3 nitrogen and oxygen atoms in total. The number of anilines is 3. The van der Waals surface area contributed by atoms with Crippen LogP contribution in [0.1, 0.15) is 0 Å². The zero-order chi connectivity index (χ0) is 32.3. The van der Waals surface area contributed by atoms with Gasteiger partial charge in [-0.3, -0.25) is 0 Å². The Balaban J connectivity index is 1.24. The lowest BCUT2D eigenvalue weighted by Crippen LogP contribution is -2.10. The third kappa shape index (κ3) is 4.44. The molecular formula is C46H29NO2. The van der Waals surface area contributed by atoms with Crippen LogP contribution in [0.5, 0.6) is 0 Å². The molecule has 0 saturated heterocycles. The van der Waals surface area contributed by atoms with E-state index in [1.807, 2.05) is 18.2 Å². The largest absolute Gasteiger partial charge is 0.456 e. The van der Waals surface area contributed by atoms with Crippen LogP contribution in [0.3, 0.4) is 0 Å². The van der Waals surface area contributed by atoms with E-state index in [9.17, 15) is 0 Å². The topological polar surface area (TPSA) is 29.5 Å². The molecule has 0 saturated carbocycles. The van der Waals surface area contributed by atoms with E-state index < -0.39 is 0 Å². The third-order valence-electron chi connectivity index (χ3n) is 9.66. The van der Waals surface area contributed by atoms with Crippen LogP contribution in [0, 0.1) is 0 Å². The van der Waals surface area contributed by atoms with Crippen LogP contribution in [0.25, 0.3) is 76.9 Å². The zero-order valence-corrected chi connectivity index (χ0v) is 26.5. The maximum Gasteiger partial charge on any atom is 0.160 e. The van der Waals surface area contributed by atoms with Crippen LogP contribution in [0.15, 0.2) is 185 Å². The summed E-state index contributed by atoms with van der Waals surface area (Å²) in [5.74, 6) is 0. The molecule has 10 aromatic rings. The molecular weight excluding hydrogens is 599 g/mol. The van der Waals surface area contributed by atoms with E-state index in [0.29, 0.717) is 0 Å². The molecule has 0 amide bonds. The van der Waals surface area contributed by atoms with Crippen molar-refractivity contribution in [2.75, 3.05) is 4.90 Å². The number of nitrogens with zero attached hydrogens (tertiary/aromatic N) is 1. The maximum absolute atomic E-state index is 6.82. The molecule has 230 valence electrons. The van der Waals surface area contributed by atoms with Crippen LogP contribution < -0.4 is 4.90 Å². The van der Waals surface area contributed by atoms with Crippen molar-refractivity contribution in [2.45, 2.75) is 0 Å². The van der Waals surface area contributed by atoms with E-state index in [1.54, 1.807) is 0 Å². The molecule has 10 rings (SSSR count). The van der Waals surface area contributed by atoms with Crippen molar-refractivity contribution in [3.8, 4) is 22.3 Å². The summed E-state index contributed by atoms with van der Waals surface area (Å²) < 4.78 is 13.2. The van der Waals surface area contributed by atoms with Gasteiger partial charge in [0, 0.05) is 21.8 Å². The summed E-state index contributed by atoms with van der Waals surface area (Å²) in [6, 6.07) is 61.9. The van der Waals surface area contributed by atoms with E-state index >= 15 is 0 Å². The second-order valence-electron chi connectivity index (χ2n) is 12.5. The van der Waals surface area contributed by atoms with Crippen LogP contribution in [0.2, 0.25) is 0 Å². The summed E-state index contributed by atoms with van der Waals surface area (Å²) in [6.45, 7) is 0. The Kier molecular flexibility index (Phi) is 6.18. The molecule has 0 aliphatic heterocycles. The lowest BCUT2D eigenvalue weighted by atomic mass is 9.97. The standard InChI is InChI=1S/C46H29NO2/c1-2-12-32(13-3-1)36-27-28-40(46-44(36)37-15-6-9-19-42(37)49-46)47(39-17-10-20-43-45(39)38-16-7-8-18-41(38)48-43)35-25-23-31(24-26-35)34-22-21-30-11-4-5-14-33(30)29-34/h1-29H. The highest BCUT2D eigenvalue weighted by atomic mass is 16.3. The van der Waals surface area contributed by atoms with Gasteiger partial charge in [-0.25, -0.2) is 0 Å². The van der Waals surface area contributed by atoms with Crippen molar-refractivity contribution < 1.29 is 8.83 Å². The van der Waals surface area contributed by atoms with E-state index in [0.717, 1.165) is 77.6 Å². The molecule has 2 heterocycles. The number of para-hydroxylation sites is 2. The fraction of sp³-hybridized carbons (Fsp3) is 0. The number of furan rings is 2. The van der Waals surface area contributed by atoms with E-state index in [2.05, 4.69) is 163 Å². The average Bonchev–Trinajstić information content (AvgIpc) is 3.75. The fourth-order valence-corrected chi connectivity index (χ4v) is 7.37. The Labute approximate surface area is 282 Å². The van der Waals surface area contributed by atoms with Crippen molar-refractivity contribution in [3.05, 3.63) is 176 Å². The summed E-state index contributed by atoms with van der Waals surface area (Å²) in [5.41, 5.74) is 11.1. The highest BCUT2D eigenvalue weighted by molar-refractivity contribution is 6.19. The van der Waals surface area contributed by atoms with Crippen LogP contribution in [-0.2, 0) is 0 Å². The average molecular weight is 628 g/mol. The lowest BCUT2D eigenvalue weighted by molar-refractivity contribution is 0.668. The summed E-state index contributed by atoms with van der Waals surface area (Å²) in [4.78, 5) is 2.33. The Morgan fingerprint density at radius 3 is 1.84 bits per heavy atom. The summed E-state index contributed by atoms with van der Waals surface area (Å²) in [6.07, 6.45) is 0. The molecule has 0 fully saturated rings. The van der Waals surface area contributed by atoms with Gasteiger partial charge in [0.15, 0.2) is 5.58 Å². The molecule has 2 aromatic heterocycles. The molecule has 0 unspecified atom stereocenters. The van der Waals surface area contributed by atoms with Crippen molar-refractivity contribution in [3.63, 3.8) is 0 Å². The van der Waals surface area contributed by atoms with Gasteiger partial charge in [-0.1, -0.05) is 127 Å². The molecule has 0 aliphatic rings. The van der Waals surface area contributed by atoms with Gasteiger partial charge < -0.3 is 13.7 Å². The van der Waals surface area contributed by atoms with Gasteiger partial charge in [-0.15, -0.1) is 0 Å². The van der Waals surface area contributed by atoms with Gasteiger partial charge in [0.2, 0.25) is 0 Å². The summed E-state index contributed by atoms with van der Waals surface area (Å²) >= 11 is 0. The second-order valence-corrected chi connectivity index (χ2v) is 12.5. The third-order valence-corrected chi connectivity index (χ3v) is 9.66. The molecule has 0 atom stereocenters. The number of hydrogen-bond acceptors (Lipinski definition) is 3. The SMILES string of the molecule is c1ccc(-c2ccc(N(c3ccc(-c4ccc5ccccc5c4)cc3)c3cccc4oc5ccccc5c34)c3oc4ccccc4c23)cc1. The summed E-state index contributed by atoms with van der Waals surface area (Å²) in [5, 5.41) is 6.80. The van der Waals surface area contributed by atoms with E-state index in [-0.39, 0.29) is 0 Å². The molecule has 0 aliphatic carbocycles. The van der Waals surface area contributed by atoms with Crippen molar-refractivity contribution >= 4 is 71.7 Å². The van der Waals surface area contributed by atoms with Crippen LogP contribution >= 0.6 is 0 Å². The fourth-order valence-electron chi connectivity index (χ4n) is 7.37. The Hall–Kier alpha value is -6.58. The first-order valence-electron chi connectivity index (χ1n) is 16.6. The predicted octanol–water partition coefficient (Wildman–Crippen LogP) is 13.4. The van der Waals surface area contributed by atoms with Gasteiger partial charge in [-0.05, 0) is 81.6 Å². The van der Waals surface area contributed by atoms with Crippen LogP contribution in [-0.4, -0.2) is 0 Å². The van der Waals surface area contributed by atoms with Gasteiger partial charge in [0.1, 0.15) is 16.7 Å². The van der Waals surface area contributed by atoms with Gasteiger partial charge in [0.05, 0.1) is 16.8 Å². The number of rotatable bonds is 5. The normalized spacial score (nSPS) is 11.7. The zero-order valence-electron chi connectivity index (χ0n) is 26.5. The molecule has 0 N–H and O–H groups in total. The predicted molar refractivity (Wildman–Crippen MR) is 204 cm³/mol. The van der Waals surface area contributed by atoms with Gasteiger partial charge in [0.25, 0.3) is 0 Å². The first-order valence-corrected chi connectivity index (χ1v) is 16.6. The molecule has 49 heavy (non-hydrogen) atoms. The molecule has 3 heteroatoms. The van der Waals surface area contributed by atoms with Crippen LogP contribution in [0.4, 0.5) is 17.1 Å². The van der Waals surface area contributed by atoms with E-state index in [4.69, 9.17) is 8.83 Å². The number of fused-ring (bicyclic) bond motifs is 7. The minimum atomic E-state index is 0.839. The Morgan fingerprint density at radius 2 is 1.02 bits per heavy atom. The monoisotopic (exact) mass is 627 g/mol. The highest BCUT2D eigenvalue weighted by Crippen LogP contribution is 2.48. The Bertz CT molecular complexity index is 2830. The summed E-state index contributed by atoms with van der Waals surface area (Å²) in [7, 11) is 0. The first-order chi connectivity index (χ1) is 24.3. The highest BCUT2D eigenvalue weighted by Gasteiger charge is 2.24. The molecule has 8 aromatic carbocycles. The maximum atomic E-state index is 6.82. The van der Waals surface area contributed by atoms with Crippen molar-refractivity contribution in [1.29, 1.82) is 0 Å². The molecule has 0 bridgehead atoms. The quantitative estimate of drug-likeness (QED) is 0.190. The minimum absolute atomic E-state index is 0.839. The van der Waals surface area contributed by atoms with Gasteiger partial charge >= 0.3 is 0 Å². The minimum Gasteiger partial charge on any atom is -0.456 e. The van der Waals surface area contributed by atoms with Crippen molar-refractivity contribution in [1.82, 2.24) is 0 Å². The van der Waals surface area contributed by atoms with Gasteiger partial charge in [-0.2, -0.15) is 0 Å². The van der Waals surface area contributed by atoms with E-state index in [1.165, 1.54) is 16.3 Å². The van der Waals surface area contributed by atoms with Crippen molar-refractivity contribution in [2.24, 2.45) is 0 Å². The smallest absolute Gasteiger partial charge is 0.160 e.